The molecule has 0 aliphatic heterocycles. The van der Waals surface area contributed by atoms with Crippen LogP contribution in [0.4, 0.5) is 4.39 Å². The van der Waals surface area contributed by atoms with Crippen molar-refractivity contribution in [2.75, 3.05) is 7.11 Å². The second-order valence-corrected chi connectivity index (χ2v) is 12.0. The maximum absolute atomic E-state index is 15.1. The molecule has 0 unspecified atom stereocenters. The third-order valence-corrected chi connectivity index (χ3v) is 9.02. The molecule has 3 aromatic rings. The molecular weight excluding hydrogens is 491 g/mol. The van der Waals surface area contributed by atoms with Gasteiger partial charge < -0.3 is 14.6 Å². The summed E-state index contributed by atoms with van der Waals surface area (Å²) in [6.45, 7) is 5.00. The maximum Gasteiger partial charge on any atom is 0.303 e. The Kier molecular flexibility index (Phi) is 7.97. The Morgan fingerprint density at radius 3 is 2.49 bits per heavy atom. The number of rotatable bonds is 10. The Labute approximate surface area is 231 Å². The Morgan fingerprint density at radius 2 is 1.82 bits per heavy atom. The van der Waals surface area contributed by atoms with Crippen molar-refractivity contribution in [1.82, 2.24) is 0 Å². The van der Waals surface area contributed by atoms with E-state index >= 15 is 4.39 Å². The summed E-state index contributed by atoms with van der Waals surface area (Å²) in [5, 5.41) is 9.48. The van der Waals surface area contributed by atoms with Crippen molar-refractivity contribution in [3.8, 4) is 22.6 Å². The molecule has 2 saturated carbocycles. The molecule has 0 saturated heterocycles. The SMILES string of the molecule is COc1ccc(F)c(-c2ccc(COc3cccc([C@@H](CC(=O)O)C4CCC4)c3)cc2[C@@H]2CCCC2(C)C)c1. The van der Waals surface area contributed by atoms with Gasteiger partial charge in [0, 0.05) is 5.56 Å². The number of carboxylic acids is 1. The summed E-state index contributed by atoms with van der Waals surface area (Å²) in [5.74, 6) is 1.14. The summed E-state index contributed by atoms with van der Waals surface area (Å²) < 4.78 is 26.7. The Bertz CT molecular complexity index is 1330. The van der Waals surface area contributed by atoms with Crippen molar-refractivity contribution < 1.29 is 23.8 Å². The van der Waals surface area contributed by atoms with E-state index in [-0.39, 0.29) is 23.6 Å². The molecule has 2 fully saturated rings. The van der Waals surface area contributed by atoms with Crippen LogP contribution >= 0.6 is 0 Å². The van der Waals surface area contributed by atoms with Crippen LogP contribution in [0.1, 0.15) is 87.3 Å². The molecule has 3 aromatic carbocycles. The summed E-state index contributed by atoms with van der Waals surface area (Å²) in [6, 6.07) is 19.1. The first-order valence-corrected chi connectivity index (χ1v) is 14.2. The normalized spacial score (nSPS) is 19.3. The number of ether oxygens (including phenoxy) is 2. The van der Waals surface area contributed by atoms with Crippen molar-refractivity contribution >= 4 is 5.97 Å². The zero-order valence-corrected chi connectivity index (χ0v) is 23.2. The molecule has 0 amide bonds. The number of carbonyl (C=O) groups is 1. The lowest BCUT2D eigenvalue weighted by molar-refractivity contribution is -0.138. The molecule has 2 aliphatic rings. The number of aliphatic carboxylic acids is 1. The van der Waals surface area contributed by atoms with Crippen LogP contribution in [0.25, 0.3) is 11.1 Å². The number of hydrogen-bond donors (Lipinski definition) is 1. The highest BCUT2D eigenvalue weighted by Crippen LogP contribution is 2.51. The fourth-order valence-electron chi connectivity index (χ4n) is 6.57. The van der Waals surface area contributed by atoms with Gasteiger partial charge in [-0.3, -0.25) is 4.79 Å². The van der Waals surface area contributed by atoms with Crippen LogP contribution in [0.2, 0.25) is 0 Å². The van der Waals surface area contributed by atoms with Gasteiger partial charge in [0.2, 0.25) is 0 Å². The molecule has 2 aliphatic carbocycles. The van der Waals surface area contributed by atoms with Gasteiger partial charge in [0.1, 0.15) is 23.9 Å². The molecule has 2 atom stereocenters. The van der Waals surface area contributed by atoms with E-state index in [1.807, 2.05) is 36.4 Å². The predicted molar refractivity (Wildman–Crippen MR) is 152 cm³/mol. The van der Waals surface area contributed by atoms with Crippen LogP contribution in [0.15, 0.2) is 60.7 Å². The van der Waals surface area contributed by atoms with E-state index in [9.17, 15) is 9.90 Å². The molecule has 0 bridgehead atoms. The Morgan fingerprint density at radius 1 is 1.00 bits per heavy atom. The van der Waals surface area contributed by atoms with E-state index < -0.39 is 5.97 Å². The van der Waals surface area contributed by atoms with E-state index in [4.69, 9.17) is 9.47 Å². The number of methoxy groups -OCH3 is 1. The molecular formula is C34H39FO4. The van der Waals surface area contributed by atoms with Gasteiger partial charge in [-0.2, -0.15) is 0 Å². The smallest absolute Gasteiger partial charge is 0.303 e. The maximum atomic E-state index is 15.1. The fourth-order valence-corrected chi connectivity index (χ4v) is 6.57. The van der Waals surface area contributed by atoms with Crippen LogP contribution in [0.3, 0.4) is 0 Å². The fraction of sp³-hybridized carbons (Fsp3) is 0.441. The largest absolute Gasteiger partial charge is 0.497 e. The molecule has 5 heteroatoms. The molecule has 0 radical (unpaired) electrons. The van der Waals surface area contributed by atoms with E-state index in [1.54, 1.807) is 19.2 Å². The topological polar surface area (TPSA) is 55.8 Å². The number of hydrogen-bond acceptors (Lipinski definition) is 3. The van der Waals surface area contributed by atoms with E-state index in [1.165, 1.54) is 12.5 Å². The second kappa shape index (κ2) is 11.4. The highest BCUT2D eigenvalue weighted by molar-refractivity contribution is 5.71. The second-order valence-electron chi connectivity index (χ2n) is 12.0. The third-order valence-electron chi connectivity index (χ3n) is 9.02. The molecule has 0 spiro atoms. The van der Waals surface area contributed by atoms with Crippen LogP contribution in [0, 0.1) is 17.2 Å². The molecule has 5 rings (SSSR count). The van der Waals surface area contributed by atoms with Gasteiger partial charge in [-0.15, -0.1) is 0 Å². The van der Waals surface area contributed by atoms with Crippen molar-refractivity contribution in [2.24, 2.45) is 11.3 Å². The molecule has 206 valence electrons. The predicted octanol–water partition coefficient (Wildman–Crippen LogP) is 8.73. The first kappa shape index (κ1) is 27.2. The summed E-state index contributed by atoms with van der Waals surface area (Å²) >= 11 is 0. The van der Waals surface area contributed by atoms with Gasteiger partial charge in [-0.05, 0) is 101 Å². The van der Waals surface area contributed by atoms with E-state index in [2.05, 4.69) is 19.9 Å². The summed E-state index contributed by atoms with van der Waals surface area (Å²) in [5.41, 5.74) is 4.83. The highest BCUT2D eigenvalue weighted by Gasteiger charge is 2.37. The zero-order valence-electron chi connectivity index (χ0n) is 23.2. The minimum Gasteiger partial charge on any atom is -0.497 e. The van der Waals surface area contributed by atoms with Gasteiger partial charge in [0.25, 0.3) is 0 Å². The van der Waals surface area contributed by atoms with Crippen molar-refractivity contribution in [2.45, 2.75) is 77.2 Å². The minimum atomic E-state index is -0.756. The first-order valence-electron chi connectivity index (χ1n) is 14.2. The van der Waals surface area contributed by atoms with Crippen LogP contribution in [-0.2, 0) is 11.4 Å². The minimum absolute atomic E-state index is 0.0213. The molecule has 39 heavy (non-hydrogen) atoms. The Balaban J connectivity index is 1.42. The van der Waals surface area contributed by atoms with Crippen molar-refractivity contribution in [3.63, 3.8) is 0 Å². The lowest BCUT2D eigenvalue weighted by Crippen LogP contribution is -2.22. The average molecular weight is 531 g/mol. The van der Waals surface area contributed by atoms with Gasteiger partial charge >= 0.3 is 5.97 Å². The first-order chi connectivity index (χ1) is 18.7. The molecule has 1 N–H and O–H groups in total. The van der Waals surface area contributed by atoms with Crippen molar-refractivity contribution in [3.05, 3.63) is 83.2 Å². The third kappa shape index (κ3) is 5.98. The lowest BCUT2D eigenvalue weighted by Gasteiger charge is -2.33. The zero-order chi connectivity index (χ0) is 27.6. The lowest BCUT2D eigenvalue weighted by atomic mass is 9.72. The number of carboxylic acid groups (broad SMARTS) is 1. The van der Waals surface area contributed by atoms with Gasteiger partial charge in [0.15, 0.2) is 0 Å². The Hall–Kier alpha value is -3.34. The summed E-state index contributed by atoms with van der Waals surface area (Å²) in [6.07, 6.45) is 6.87. The van der Waals surface area contributed by atoms with Gasteiger partial charge in [-0.25, -0.2) is 4.39 Å². The van der Waals surface area contributed by atoms with Gasteiger partial charge in [0.05, 0.1) is 13.5 Å². The number of halogens is 1. The number of benzene rings is 3. The molecule has 4 nitrogen and oxygen atoms in total. The van der Waals surface area contributed by atoms with Crippen LogP contribution in [-0.4, -0.2) is 18.2 Å². The van der Waals surface area contributed by atoms with Crippen LogP contribution in [0.5, 0.6) is 11.5 Å². The van der Waals surface area contributed by atoms with Crippen molar-refractivity contribution in [1.29, 1.82) is 0 Å². The molecule has 0 heterocycles. The standard InChI is InChI=1S/C34H39FO4/c1-34(2)16-6-11-31(34)29-17-22(12-14-27(29)30-19-25(38-3)13-15-32(30)35)21-39-26-10-5-9-24(18-26)28(20-33(36)37)23-7-4-8-23/h5,9-10,12-15,17-19,23,28,31H,4,6-8,11,16,20-21H2,1-3H3,(H,36,37)/t28-,31-/m0/s1. The molecule has 0 aromatic heterocycles. The van der Waals surface area contributed by atoms with E-state index in [0.29, 0.717) is 29.8 Å². The van der Waals surface area contributed by atoms with Gasteiger partial charge in [-0.1, -0.05) is 57.0 Å². The monoisotopic (exact) mass is 530 g/mol. The highest BCUT2D eigenvalue weighted by atomic mass is 19.1. The van der Waals surface area contributed by atoms with E-state index in [0.717, 1.165) is 60.1 Å². The quantitative estimate of drug-likeness (QED) is 0.285. The summed E-state index contributed by atoms with van der Waals surface area (Å²) in [7, 11) is 1.60. The summed E-state index contributed by atoms with van der Waals surface area (Å²) in [4.78, 5) is 11.5. The average Bonchev–Trinajstić information content (AvgIpc) is 3.25. The van der Waals surface area contributed by atoms with Crippen LogP contribution < -0.4 is 9.47 Å².